The summed E-state index contributed by atoms with van der Waals surface area (Å²) in [6, 6.07) is 4.88. The Balaban J connectivity index is 2.33. The molecule has 0 aromatic heterocycles. The summed E-state index contributed by atoms with van der Waals surface area (Å²) >= 11 is -1.87. The van der Waals surface area contributed by atoms with Crippen LogP contribution in [-0.4, -0.2) is 32.3 Å². The third-order valence-corrected chi connectivity index (χ3v) is 3.34. The van der Waals surface area contributed by atoms with Gasteiger partial charge in [-0.3, -0.25) is 0 Å². The minimum Gasteiger partial charge on any atom is -0.478 e. The zero-order valence-electron chi connectivity index (χ0n) is 9.13. The van der Waals surface area contributed by atoms with Crippen LogP contribution in [0.1, 0.15) is 22.3 Å². The Morgan fingerprint density at radius 3 is 2.88 bits per heavy atom. The van der Waals surface area contributed by atoms with Crippen LogP contribution in [0.3, 0.4) is 0 Å². The minimum atomic E-state index is -1.87. The molecule has 1 aromatic carbocycles. The normalized spacial score (nSPS) is 16.4. The molecule has 0 amide bonds. The van der Waals surface area contributed by atoms with Gasteiger partial charge in [0.05, 0.1) is 5.56 Å². The van der Waals surface area contributed by atoms with E-state index in [1.54, 1.807) is 12.1 Å². The van der Waals surface area contributed by atoms with E-state index in [4.69, 9.17) is 9.66 Å². The number of carbonyl (C=O) groups is 1. The molecule has 17 heavy (non-hydrogen) atoms. The molecule has 1 aromatic rings. The van der Waals surface area contributed by atoms with Crippen molar-refractivity contribution in [1.82, 2.24) is 0 Å². The summed E-state index contributed by atoms with van der Waals surface area (Å²) in [5, 5.41) is 8.90. The second kappa shape index (κ2) is 4.85. The van der Waals surface area contributed by atoms with E-state index in [2.05, 4.69) is 0 Å². The van der Waals surface area contributed by atoms with Gasteiger partial charge in [-0.05, 0) is 36.6 Å². The average Bonchev–Trinajstić information content (AvgIpc) is 2.28. The Labute approximate surface area is 101 Å². The molecule has 1 aliphatic rings. The van der Waals surface area contributed by atoms with Gasteiger partial charge in [-0.25, -0.2) is 9.00 Å². The number of fused-ring (bicyclic) bond motifs is 1. The van der Waals surface area contributed by atoms with E-state index >= 15 is 0 Å². The van der Waals surface area contributed by atoms with E-state index in [9.17, 15) is 9.00 Å². The summed E-state index contributed by atoms with van der Waals surface area (Å²) in [5.41, 5.74) is 2.06. The van der Waals surface area contributed by atoms with Gasteiger partial charge in [0.1, 0.15) is 5.88 Å². The molecule has 5 nitrogen and oxygen atoms in total. The standard InChI is InChI=1S/C11H13NO4S/c13-11(14)9-3-4-10-8(6-9)2-1-5-12(10)7-17(15)16/h3-4,6H,1-2,5,7H2,(H,13,14)(H,15,16). The van der Waals surface area contributed by atoms with Gasteiger partial charge in [0.2, 0.25) is 0 Å². The van der Waals surface area contributed by atoms with Crippen molar-refractivity contribution in [2.75, 3.05) is 17.3 Å². The maximum atomic E-state index is 10.8. The molecule has 0 bridgehead atoms. The molecular weight excluding hydrogens is 242 g/mol. The smallest absolute Gasteiger partial charge is 0.335 e. The lowest BCUT2D eigenvalue weighted by molar-refractivity contribution is 0.0696. The predicted octanol–water partition coefficient (Wildman–Crippen LogP) is 1.32. The Hall–Kier alpha value is -1.40. The molecule has 1 aliphatic heterocycles. The summed E-state index contributed by atoms with van der Waals surface area (Å²) in [6.45, 7) is 0.728. The fourth-order valence-electron chi connectivity index (χ4n) is 2.08. The van der Waals surface area contributed by atoms with Gasteiger partial charge in [0.15, 0.2) is 11.1 Å². The highest BCUT2D eigenvalue weighted by Gasteiger charge is 2.19. The molecule has 1 unspecified atom stereocenters. The van der Waals surface area contributed by atoms with Crippen molar-refractivity contribution in [2.45, 2.75) is 12.8 Å². The van der Waals surface area contributed by atoms with Crippen LogP contribution in [0.2, 0.25) is 0 Å². The van der Waals surface area contributed by atoms with Gasteiger partial charge in [0, 0.05) is 12.2 Å². The van der Waals surface area contributed by atoms with Crippen LogP contribution in [0.5, 0.6) is 0 Å². The predicted molar refractivity (Wildman–Crippen MR) is 64.7 cm³/mol. The Bertz CT molecular complexity index is 475. The first-order valence-electron chi connectivity index (χ1n) is 5.26. The number of nitrogens with zero attached hydrogens (tertiary/aromatic N) is 1. The van der Waals surface area contributed by atoms with Crippen molar-refractivity contribution >= 4 is 22.7 Å². The lowest BCUT2D eigenvalue weighted by Gasteiger charge is -2.30. The van der Waals surface area contributed by atoms with Crippen LogP contribution in [0.4, 0.5) is 5.69 Å². The summed E-state index contributed by atoms with van der Waals surface area (Å²) in [6.07, 6.45) is 1.68. The van der Waals surface area contributed by atoms with E-state index in [1.807, 2.05) is 4.90 Å². The second-order valence-electron chi connectivity index (χ2n) is 3.97. The molecule has 0 saturated heterocycles. The number of carboxylic acid groups (broad SMARTS) is 1. The molecule has 0 saturated carbocycles. The summed E-state index contributed by atoms with van der Waals surface area (Å²) in [4.78, 5) is 12.7. The summed E-state index contributed by atoms with van der Waals surface area (Å²) in [7, 11) is 0. The zero-order valence-corrected chi connectivity index (χ0v) is 9.94. The first-order chi connectivity index (χ1) is 8.08. The monoisotopic (exact) mass is 255 g/mol. The molecule has 0 spiro atoms. The maximum Gasteiger partial charge on any atom is 0.335 e. The number of benzene rings is 1. The number of hydrogen-bond donors (Lipinski definition) is 2. The van der Waals surface area contributed by atoms with E-state index in [0.717, 1.165) is 30.6 Å². The number of aromatic carboxylic acids is 1. The SMILES string of the molecule is O=C(O)c1ccc2c(c1)CCCN2CS(=O)O. The van der Waals surface area contributed by atoms with Crippen LogP contribution in [-0.2, 0) is 17.5 Å². The zero-order chi connectivity index (χ0) is 12.4. The largest absolute Gasteiger partial charge is 0.478 e. The number of anilines is 1. The molecule has 6 heteroatoms. The van der Waals surface area contributed by atoms with Gasteiger partial charge >= 0.3 is 5.97 Å². The van der Waals surface area contributed by atoms with E-state index in [1.165, 1.54) is 6.07 Å². The highest BCUT2D eigenvalue weighted by Crippen LogP contribution is 2.28. The van der Waals surface area contributed by atoms with Crippen molar-refractivity contribution < 1.29 is 18.7 Å². The minimum absolute atomic E-state index is 0.0689. The Morgan fingerprint density at radius 1 is 1.47 bits per heavy atom. The molecule has 2 rings (SSSR count). The van der Waals surface area contributed by atoms with Gasteiger partial charge < -0.3 is 14.6 Å². The van der Waals surface area contributed by atoms with E-state index in [0.29, 0.717) is 0 Å². The molecule has 0 radical (unpaired) electrons. The molecule has 1 heterocycles. The van der Waals surface area contributed by atoms with Gasteiger partial charge in [-0.15, -0.1) is 0 Å². The second-order valence-corrected chi connectivity index (χ2v) is 4.87. The lowest BCUT2D eigenvalue weighted by Crippen LogP contribution is -2.32. The third-order valence-electron chi connectivity index (χ3n) is 2.81. The number of rotatable bonds is 3. The number of hydrogen-bond acceptors (Lipinski definition) is 3. The molecule has 2 N–H and O–H groups in total. The first-order valence-corrected chi connectivity index (χ1v) is 6.54. The first kappa shape index (κ1) is 12.1. The van der Waals surface area contributed by atoms with Crippen LogP contribution in [0.15, 0.2) is 18.2 Å². The Morgan fingerprint density at radius 2 is 2.24 bits per heavy atom. The van der Waals surface area contributed by atoms with Crippen LogP contribution in [0.25, 0.3) is 0 Å². The Kier molecular flexibility index (Phi) is 3.44. The van der Waals surface area contributed by atoms with E-state index in [-0.39, 0.29) is 11.4 Å². The molecule has 1 atom stereocenters. The van der Waals surface area contributed by atoms with Crippen molar-refractivity contribution in [3.05, 3.63) is 29.3 Å². The van der Waals surface area contributed by atoms with Gasteiger partial charge in [-0.2, -0.15) is 0 Å². The highest BCUT2D eigenvalue weighted by molar-refractivity contribution is 7.79. The fourth-order valence-corrected chi connectivity index (χ4v) is 2.61. The highest BCUT2D eigenvalue weighted by atomic mass is 32.2. The number of aryl methyl sites for hydroxylation is 1. The third kappa shape index (κ3) is 2.65. The average molecular weight is 255 g/mol. The lowest BCUT2D eigenvalue weighted by atomic mass is 10.00. The van der Waals surface area contributed by atoms with Crippen molar-refractivity contribution in [3.63, 3.8) is 0 Å². The quantitative estimate of drug-likeness (QED) is 0.796. The maximum absolute atomic E-state index is 10.8. The molecule has 0 aliphatic carbocycles. The molecule has 0 fully saturated rings. The topological polar surface area (TPSA) is 77.8 Å². The van der Waals surface area contributed by atoms with Crippen molar-refractivity contribution in [2.24, 2.45) is 0 Å². The fraction of sp³-hybridized carbons (Fsp3) is 0.364. The van der Waals surface area contributed by atoms with Crippen LogP contribution < -0.4 is 4.90 Å². The van der Waals surface area contributed by atoms with Crippen LogP contribution >= 0.6 is 0 Å². The summed E-state index contributed by atoms with van der Waals surface area (Å²) in [5.74, 6) is -0.880. The molecular formula is C11H13NO4S. The number of carboxylic acids is 1. The summed E-state index contributed by atoms with van der Waals surface area (Å²) < 4.78 is 19.7. The van der Waals surface area contributed by atoms with Crippen molar-refractivity contribution in [3.8, 4) is 0 Å². The van der Waals surface area contributed by atoms with Crippen LogP contribution in [0, 0.1) is 0 Å². The van der Waals surface area contributed by atoms with Gasteiger partial charge in [-0.1, -0.05) is 0 Å². The van der Waals surface area contributed by atoms with E-state index < -0.39 is 17.0 Å². The van der Waals surface area contributed by atoms with Crippen molar-refractivity contribution in [1.29, 1.82) is 0 Å². The van der Waals surface area contributed by atoms with Gasteiger partial charge in [0.25, 0.3) is 0 Å². The molecule has 92 valence electrons.